The molecule has 0 aromatic heterocycles. The molecule has 0 radical (unpaired) electrons. The molecule has 1 atom stereocenters. The SMILES string of the molecule is CCC1(C)CCSC(=NCC2CCCC2)N1. The van der Waals surface area contributed by atoms with Gasteiger partial charge in [0.25, 0.3) is 0 Å². The predicted octanol–water partition coefficient (Wildman–Crippen LogP) is 3.43. The minimum absolute atomic E-state index is 0.291. The van der Waals surface area contributed by atoms with Crippen LogP contribution in [0.1, 0.15) is 52.4 Å². The van der Waals surface area contributed by atoms with E-state index < -0.39 is 0 Å². The van der Waals surface area contributed by atoms with Gasteiger partial charge < -0.3 is 5.32 Å². The fourth-order valence-corrected chi connectivity index (χ4v) is 3.72. The largest absolute Gasteiger partial charge is 0.360 e. The Morgan fingerprint density at radius 1 is 1.44 bits per heavy atom. The van der Waals surface area contributed by atoms with Gasteiger partial charge >= 0.3 is 0 Å². The highest BCUT2D eigenvalue weighted by atomic mass is 32.2. The summed E-state index contributed by atoms with van der Waals surface area (Å²) in [6.45, 7) is 5.63. The number of nitrogens with zero attached hydrogens (tertiary/aromatic N) is 1. The van der Waals surface area contributed by atoms with E-state index >= 15 is 0 Å². The first kappa shape index (κ1) is 12.3. The van der Waals surface area contributed by atoms with Gasteiger partial charge in [0.2, 0.25) is 0 Å². The van der Waals surface area contributed by atoms with Gasteiger partial charge in [0.1, 0.15) is 0 Å². The summed E-state index contributed by atoms with van der Waals surface area (Å²) >= 11 is 1.90. The van der Waals surface area contributed by atoms with E-state index in [1.54, 1.807) is 0 Å². The molecular formula is C13H24N2S. The van der Waals surface area contributed by atoms with Crippen LogP contribution in [0.5, 0.6) is 0 Å². The molecule has 0 amide bonds. The van der Waals surface area contributed by atoms with E-state index in [0.717, 1.165) is 12.5 Å². The lowest BCUT2D eigenvalue weighted by Crippen LogP contribution is -2.48. The van der Waals surface area contributed by atoms with Crippen LogP contribution in [0.15, 0.2) is 4.99 Å². The van der Waals surface area contributed by atoms with Crippen LogP contribution in [0.2, 0.25) is 0 Å². The van der Waals surface area contributed by atoms with Crippen molar-refractivity contribution in [3.63, 3.8) is 0 Å². The number of thioether (sulfide) groups is 1. The molecule has 3 heteroatoms. The minimum Gasteiger partial charge on any atom is -0.360 e. The van der Waals surface area contributed by atoms with Crippen molar-refractivity contribution in [3.8, 4) is 0 Å². The van der Waals surface area contributed by atoms with Crippen LogP contribution in [0.3, 0.4) is 0 Å². The number of rotatable bonds is 3. The van der Waals surface area contributed by atoms with Gasteiger partial charge in [-0.1, -0.05) is 31.5 Å². The van der Waals surface area contributed by atoms with Crippen molar-refractivity contribution in [2.75, 3.05) is 12.3 Å². The Hall–Kier alpha value is -0.180. The molecule has 2 fully saturated rings. The first-order valence-electron chi connectivity index (χ1n) is 6.67. The molecule has 16 heavy (non-hydrogen) atoms. The van der Waals surface area contributed by atoms with Crippen molar-refractivity contribution in [3.05, 3.63) is 0 Å². The lowest BCUT2D eigenvalue weighted by molar-refractivity contribution is 0.389. The van der Waals surface area contributed by atoms with Gasteiger partial charge in [-0.25, -0.2) is 0 Å². The van der Waals surface area contributed by atoms with E-state index in [9.17, 15) is 0 Å². The van der Waals surface area contributed by atoms with E-state index in [1.807, 2.05) is 11.8 Å². The number of aliphatic imine (C=N–C) groups is 1. The summed E-state index contributed by atoms with van der Waals surface area (Å²) in [5.74, 6) is 2.09. The third-order valence-corrected chi connectivity index (χ3v) is 4.96. The molecule has 2 rings (SSSR count). The quantitative estimate of drug-likeness (QED) is 0.817. The van der Waals surface area contributed by atoms with E-state index in [2.05, 4.69) is 19.2 Å². The number of hydrogen-bond donors (Lipinski definition) is 1. The van der Waals surface area contributed by atoms with Crippen LogP contribution in [-0.2, 0) is 0 Å². The van der Waals surface area contributed by atoms with E-state index in [0.29, 0.717) is 5.54 Å². The summed E-state index contributed by atoms with van der Waals surface area (Å²) in [7, 11) is 0. The molecule has 1 unspecified atom stereocenters. The van der Waals surface area contributed by atoms with Crippen molar-refractivity contribution < 1.29 is 0 Å². The zero-order valence-corrected chi connectivity index (χ0v) is 11.4. The molecule has 2 aliphatic rings. The van der Waals surface area contributed by atoms with Crippen molar-refractivity contribution >= 4 is 16.9 Å². The molecule has 1 saturated carbocycles. The normalized spacial score (nSPS) is 34.2. The van der Waals surface area contributed by atoms with E-state index in [4.69, 9.17) is 4.99 Å². The van der Waals surface area contributed by atoms with Crippen LogP contribution in [0, 0.1) is 5.92 Å². The molecule has 0 aromatic carbocycles. The predicted molar refractivity (Wildman–Crippen MR) is 73.2 cm³/mol. The first-order valence-corrected chi connectivity index (χ1v) is 7.66. The number of nitrogens with one attached hydrogen (secondary N) is 1. The van der Waals surface area contributed by atoms with Crippen LogP contribution in [0.25, 0.3) is 0 Å². The van der Waals surface area contributed by atoms with Gasteiger partial charge in [0.05, 0.1) is 0 Å². The molecule has 1 heterocycles. The minimum atomic E-state index is 0.291. The number of amidine groups is 1. The van der Waals surface area contributed by atoms with E-state index in [1.165, 1.54) is 49.4 Å². The zero-order chi connectivity index (χ0) is 11.4. The molecule has 0 aromatic rings. The Balaban J connectivity index is 1.85. The van der Waals surface area contributed by atoms with Gasteiger partial charge in [-0.15, -0.1) is 0 Å². The van der Waals surface area contributed by atoms with Crippen LogP contribution in [-0.4, -0.2) is 23.0 Å². The first-order chi connectivity index (χ1) is 7.72. The van der Waals surface area contributed by atoms with Crippen LogP contribution in [0.4, 0.5) is 0 Å². The Morgan fingerprint density at radius 3 is 2.88 bits per heavy atom. The van der Waals surface area contributed by atoms with Gasteiger partial charge in [-0.3, -0.25) is 4.99 Å². The van der Waals surface area contributed by atoms with Crippen LogP contribution >= 0.6 is 11.8 Å². The zero-order valence-electron chi connectivity index (χ0n) is 10.6. The molecule has 0 spiro atoms. The Kier molecular flexibility index (Phi) is 4.17. The average Bonchev–Trinajstić information content (AvgIpc) is 2.80. The molecular weight excluding hydrogens is 216 g/mol. The highest BCUT2D eigenvalue weighted by Gasteiger charge is 2.27. The topological polar surface area (TPSA) is 24.4 Å². The maximum atomic E-state index is 4.78. The lowest BCUT2D eigenvalue weighted by atomic mass is 9.96. The van der Waals surface area contributed by atoms with E-state index in [-0.39, 0.29) is 0 Å². The Bertz CT molecular complexity index is 259. The summed E-state index contributed by atoms with van der Waals surface area (Å²) in [6, 6.07) is 0. The standard InChI is InChI=1S/C13H24N2S/c1-3-13(2)8-9-16-12(15-13)14-10-11-6-4-5-7-11/h11H,3-10H2,1-2H3,(H,14,15). The second-order valence-electron chi connectivity index (χ2n) is 5.43. The maximum absolute atomic E-state index is 4.78. The Morgan fingerprint density at radius 2 is 2.19 bits per heavy atom. The summed E-state index contributed by atoms with van der Waals surface area (Å²) in [5, 5.41) is 4.81. The Labute approximate surface area is 104 Å². The van der Waals surface area contributed by atoms with Crippen molar-refractivity contribution in [2.45, 2.75) is 57.9 Å². The monoisotopic (exact) mass is 240 g/mol. The van der Waals surface area contributed by atoms with Gasteiger partial charge in [0.15, 0.2) is 5.17 Å². The fraction of sp³-hybridized carbons (Fsp3) is 0.923. The van der Waals surface area contributed by atoms with Gasteiger partial charge in [-0.05, 0) is 38.5 Å². The average molecular weight is 240 g/mol. The third kappa shape index (κ3) is 3.16. The number of hydrogen-bond acceptors (Lipinski definition) is 2. The summed E-state index contributed by atoms with van der Waals surface area (Å²) < 4.78 is 0. The maximum Gasteiger partial charge on any atom is 0.156 e. The van der Waals surface area contributed by atoms with Crippen molar-refractivity contribution in [1.29, 1.82) is 0 Å². The van der Waals surface area contributed by atoms with Gasteiger partial charge in [0, 0.05) is 17.8 Å². The van der Waals surface area contributed by atoms with Crippen molar-refractivity contribution in [1.82, 2.24) is 5.32 Å². The smallest absolute Gasteiger partial charge is 0.156 e. The fourth-order valence-electron chi connectivity index (χ4n) is 2.48. The van der Waals surface area contributed by atoms with Crippen LogP contribution < -0.4 is 5.32 Å². The van der Waals surface area contributed by atoms with Gasteiger partial charge in [-0.2, -0.15) is 0 Å². The molecule has 0 bridgehead atoms. The molecule has 1 N–H and O–H groups in total. The van der Waals surface area contributed by atoms with Crippen molar-refractivity contribution in [2.24, 2.45) is 10.9 Å². The molecule has 1 aliphatic heterocycles. The second kappa shape index (κ2) is 5.44. The highest BCUT2D eigenvalue weighted by molar-refractivity contribution is 8.13. The highest BCUT2D eigenvalue weighted by Crippen LogP contribution is 2.27. The molecule has 1 aliphatic carbocycles. The third-order valence-electron chi connectivity index (χ3n) is 4.05. The molecule has 2 nitrogen and oxygen atoms in total. The summed E-state index contributed by atoms with van der Waals surface area (Å²) in [6.07, 6.45) is 8.08. The summed E-state index contributed by atoms with van der Waals surface area (Å²) in [5.41, 5.74) is 0.291. The molecule has 92 valence electrons. The second-order valence-corrected chi connectivity index (χ2v) is 6.52. The molecule has 1 saturated heterocycles. The lowest BCUT2D eigenvalue weighted by Gasteiger charge is -2.35. The summed E-state index contributed by atoms with van der Waals surface area (Å²) in [4.78, 5) is 4.78.